The minimum Gasteiger partial charge on any atom is -0.337 e. The lowest BCUT2D eigenvalue weighted by Crippen LogP contribution is -2.16. The molecule has 0 aliphatic carbocycles. The number of benzene rings is 1. The van der Waals surface area contributed by atoms with Gasteiger partial charge in [-0.3, -0.25) is 0 Å². The Balaban J connectivity index is 1.69. The summed E-state index contributed by atoms with van der Waals surface area (Å²) in [5, 5.41) is 4.25. The van der Waals surface area contributed by atoms with E-state index in [0.29, 0.717) is 0 Å². The van der Waals surface area contributed by atoms with Gasteiger partial charge in [0.15, 0.2) is 0 Å². The van der Waals surface area contributed by atoms with Crippen molar-refractivity contribution in [3.63, 3.8) is 0 Å². The van der Waals surface area contributed by atoms with Crippen LogP contribution in [0.1, 0.15) is 17.5 Å². The van der Waals surface area contributed by atoms with Crippen molar-refractivity contribution < 1.29 is 0 Å². The second-order valence-electron chi connectivity index (χ2n) is 4.40. The number of hydrogen-bond donors (Lipinski definition) is 1. The molecule has 0 amide bonds. The highest BCUT2D eigenvalue weighted by Gasteiger charge is 1.98. The minimum atomic E-state index is 0.802. The van der Waals surface area contributed by atoms with E-state index in [9.17, 15) is 0 Å². The van der Waals surface area contributed by atoms with Crippen LogP contribution < -0.4 is 5.32 Å². The van der Waals surface area contributed by atoms with Gasteiger partial charge in [0.25, 0.3) is 0 Å². The van der Waals surface area contributed by atoms with Crippen LogP contribution in [-0.2, 0) is 13.1 Å². The molecule has 4 heteroatoms. The van der Waals surface area contributed by atoms with Crippen LogP contribution in [0.2, 0.25) is 5.02 Å². The fraction of sp³-hybridized carbons (Fsp3) is 0.357. The summed E-state index contributed by atoms with van der Waals surface area (Å²) >= 11 is 5.93. The zero-order valence-electron chi connectivity index (χ0n) is 10.6. The summed E-state index contributed by atoms with van der Waals surface area (Å²) < 4.78 is 2.09. The second-order valence-corrected chi connectivity index (χ2v) is 4.84. The van der Waals surface area contributed by atoms with E-state index in [0.717, 1.165) is 31.1 Å². The van der Waals surface area contributed by atoms with Crippen LogP contribution in [0.4, 0.5) is 0 Å². The van der Waals surface area contributed by atoms with E-state index in [1.54, 1.807) is 0 Å². The molecular weight excluding hydrogens is 246 g/mol. The summed E-state index contributed by atoms with van der Waals surface area (Å²) in [5.74, 6) is 0. The Morgan fingerprint density at radius 2 is 2.28 bits per heavy atom. The Bertz CT molecular complexity index is 480. The van der Waals surface area contributed by atoms with Gasteiger partial charge in [-0.15, -0.1) is 0 Å². The van der Waals surface area contributed by atoms with Gasteiger partial charge >= 0.3 is 0 Å². The molecule has 3 nitrogen and oxygen atoms in total. The average molecular weight is 264 g/mol. The number of nitrogens with zero attached hydrogens (tertiary/aromatic N) is 2. The van der Waals surface area contributed by atoms with Gasteiger partial charge in [0.1, 0.15) is 0 Å². The first-order chi connectivity index (χ1) is 8.75. The smallest absolute Gasteiger partial charge is 0.0945 e. The predicted molar refractivity (Wildman–Crippen MR) is 74.7 cm³/mol. The molecule has 0 aliphatic rings. The predicted octanol–water partition coefficient (Wildman–Crippen LogP) is 3.02. The molecule has 0 spiro atoms. The topological polar surface area (TPSA) is 29.9 Å². The largest absolute Gasteiger partial charge is 0.337 e. The Labute approximate surface area is 113 Å². The van der Waals surface area contributed by atoms with E-state index in [4.69, 9.17) is 11.6 Å². The van der Waals surface area contributed by atoms with Gasteiger partial charge in [0.2, 0.25) is 0 Å². The first-order valence-electron chi connectivity index (χ1n) is 6.17. The van der Waals surface area contributed by atoms with Crippen LogP contribution in [0.5, 0.6) is 0 Å². The third kappa shape index (κ3) is 3.86. The lowest BCUT2D eigenvalue weighted by molar-refractivity contribution is 0.580. The molecule has 1 aromatic carbocycles. The summed E-state index contributed by atoms with van der Waals surface area (Å²) in [4.78, 5) is 4.02. The molecule has 0 atom stereocenters. The van der Waals surface area contributed by atoms with Crippen molar-refractivity contribution in [1.29, 1.82) is 0 Å². The van der Waals surface area contributed by atoms with Crippen LogP contribution in [0.15, 0.2) is 36.9 Å². The zero-order chi connectivity index (χ0) is 12.8. The quantitative estimate of drug-likeness (QED) is 0.812. The van der Waals surface area contributed by atoms with E-state index < -0.39 is 0 Å². The van der Waals surface area contributed by atoms with Crippen molar-refractivity contribution in [3.05, 3.63) is 53.1 Å². The number of hydrogen-bond acceptors (Lipinski definition) is 2. The number of aryl methyl sites for hydroxylation is 2. The zero-order valence-corrected chi connectivity index (χ0v) is 11.3. The molecule has 0 radical (unpaired) electrons. The normalized spacial score (nSPS) is 10.8. The van der Waals surface area contributed by atoms with E-state index in [1.807, 2.05) is 30.9 Å². The van der Waals surface area contributed by atoms with Crippen molar-refractivity contribution in [3.8, 4) is 0 Å². The van der Waals surface area contributed by atoms with Crippen LogP contribution >= 0.6 is 11.6 Å². The maximum absolute atomic E-state index is 5.93. The maximum Gasteiger partial charge on any atom is 0.0945 e. The fourth-order valence-electron chi connectivity index (χ4n) is 1.89. The summed E-state index contributed by atoms with van der Waals surface area (Å²) in [6.07, 6.45) is 6.75. The SMILES string of the molecule is Cc1cc(Cl)ccc1CNCCCn1ccnc1. The van der Waals surface area contributed by atoms with Crippen molar-refractivity contribution in [1.82, 2.24) is 14.9 Å². The maximum atomic E-state index is 5.93. The number of imidazole rings is 1. The molecular formula is C14H18ClN3. The Kier molecular flexibility index (Phi) is 4.79. The lowest BCUT2D eigenvalue weighted by Gasteiger charge is -2.08. The molecule has 1 N–H and O–H groups in total. The Hall–Kier alpha value is -1.32. The van der Waals surface area contributed by atoms with Crippen LogP contribution in [0.3, 0.4) is 0 Å². The standard InChI is InChI=1S/C14H18ClN3/c1-12-9-14(15)4-3-13(12)10-16-5-2-7-18-8-6-17-11-18/h3-4,6,8-9,11,16H,2,5,7,10H2,1H3. The minimum absolute atomic E-state index is 0.802. The van der Waals surface area contributed by atoms with Crippen LogP contribution in [0.25, 0.3) is 0 Å². The van der Waals surface area contributed by atoms with Crippen molar-refractivity contribution in [2.45, 2.75) is 26.4 Å². The fourth-order valence-corrected chi connectivity index (χ4v) is 2.11. The Morgan fingerprint density at radius 1 is 1.39 bits per heavy atom. The van der Waals surface area contributed by atoms with Crippen LogP contribution in [0, 0.1) is 6.92 Å². The molecule has 2 aromatic rings. The average Bonchev–Trinajstić information content (AvgIpc) is 2.84. The number of nitrogens with one attached hydrogen (secondary N) is 1. The van der Waals surface area contributed by atoms with E-state index in [2.05, 4.69) is 27.9 Å². The van der Waals surface area contributed by atoms with E-state index in [-0.39, 0.29) is 0 Å². The number of rotatable bonds is 6. The molecule has 0 saturated carbocycles. The number of aromatic nitrogens is 2. The van der Waals surface area contributed by atoms with Gasteiger partial charge < -0.3 is 9.88 Å². The third-order valence-corrected chi connectivity index (χ3v) is 3.18. The van der Waals surface area contributed by atoms with Crippen molar-refractivity contribution >= 4 is 11.6 Å². The third-order valence-electron chi connectivity index (χ3n) is 2.95. The second kappa shape index (κ2) is 6.57. The molecule has 0 bridgehead atoms. The first kappa shape index (κ1) is 13.1. The number of halogens is 1. The molecule has 1 aromatic heterocycles. The van der Waals surface area contributed by atoms with Gasteiger partial charge in [-0.2, -0.15) is 0 Å². The van der Waals surface area contributed by atoms with Crippen molar-refractivity contribution in [2.24, 2.45) is 0 Å². The molecule has 96 valence electrons. The lowest BCUT2D eigenvalue weighted by atomic mass is 10.1. The highest BCUT2D eigenvalue weighted by molar-refractivity contribution is 6.30. The monoisotopic (exact) mass is 263 g/mol. The van der Waals surface area contributed by atoms with Gasteiger partial charge in [0.05, 0.1) is 6.33 Å². The highest BCUT2D eigenvalue weighted by atomic mass is 35.5. The first-order valence-corrected chi connectivity index (χ1v) is 6.55. The van der Waals surface area contributed by atoms with Gasteiger partial charge in [-0.25, -0.2) is 4.98 Å². The molecule has 1 heterocycles. The Morgan fingerprint density at radius 3 is 3.00 bits per heavy atom. The van der Waals surface area contributed by atoms with Gasteiger partial charge in [-0.05, 0) is 43.1 Å². The molecule has 0 aliphatic heterocycles. The van der Waals surface area contributed by atoms with Gasteiger partial charge in [-0.1, -0.05) is 17.7 Å². The molecule has 0 saturated heterocycles. The molecule has 18 heavy (non-hydrogen) atoms. The van der Waals surface area contributed by atoms with Crippen molar-refractivity contribution in [2.75, 3.05) is 6.54 Å². The van der Waals surface area contributed by atoms with Gasteiger partial charge in [0, 0.05) is 30.5 Å². The van der Waals surface area contributed by atoms with E-state index >= 15 is 0 Å². The molecule has 0 unspecified atom stereocenters. The van der Waals surface area contributed by atoms with E-state index in [1.165, 1.54) is 11.1 Å². The summed E-state index contributed by atoms with van der Waals surface area (Å²) in [6.45, 7) is 4.99. The summed E-state index contributed by atoms with van der Waals surface area (Å²) in [7, 11) is 0. The summed E-state index contributed by atoms with van der Waals surface area (Å²) in [6, 6.07) is 6.03. The van der Waals surface area contributed by atoms with Crippen LogP contribution in [-0.4, -0.2) is 16.1 Å². The highest BCUT2D eigenvalue weighted by Crippen LogP contribution is 2.14. The molecule has 0 fully saturated rings. The molecule has 2 rings (SSSR count). The summed E-state index contributed by atoms with van der Waals surface area (Å²) in [5.41, 5.74) is 2.55.